The molecule has 1 aliphatic carbocycles. The predicted molar refractivity (Wildman–Crippen MR) is 88.8 cm³/mol. The normalized spacial score (nSPS) is 14.8. The zero-order chi connectivity index (χ0) is 16.1. The van der Waals surface area contributed by atoms with Crippen LogP contribution in [0.15, 0.2) is 54.6 Å². The third-order valence-electron chi connectivity index (χ3n) is 3.65. The van der Waals surface area contributed by atoms with Gasteiger partial charge in [-0.1, -0.05) is 18.2 Å². The lowest BCUT2D eigenvalue weighted by molar-refractivity contribution is -0.122. The molecule has 1 amide bonds. The summed E-state index contributed by atoms with van der Waals surface area (Å²) in [5, 5.41) is 2.92. The van der Waals surface area contributed by atoms with E-state index >= 15 is 0 Å². The smallest absolute Gasteiger partial charge is 0.223 e. The van der Waals surface area contributed by atoms with Crippen molar-refractivity contribution in [3.05, 3.63) is 54.6 Å². The average Bonchev–Trinajstić information content (AvgIpc) is 3.40. The summed E-state index contributed by atoms with van der Waals surface area (Å²) in [6.45, 7) is 2.47. The Bertz CT molecular complexity index is 635. The van der Waals surface area contributed by atoms with Gasteiger partial charge in [-0.3, -0.25) is 4.79 Å². The number of carbonyl (C=O) groups excluding carboxylic acids is 1. The van der Waals surface area contributed by atoms with Gasteiger partial charge in [0.05, 0.1) is 6.54 Å². The molecule has 0 bridgehead atoms. The number of ether oxygens (including phenoxy) is 2. The lowest BCUT2D eigenvalue weighted by Crippen LogP contribution is -2.34. The van der Waals surface area contributed by atoms with Crippen LogP contribution in [0, 0.1) is 5.92 Å². The molecule has 0 radical (unpaired) electrons. The minimum atomic E-state index is -0.0707. The highest BCUT2D eigenvalue weighted by atomic mass is 16.5. The van der Waals surface area contributed by atoms with Gasteiger partial charge in [0.1, 0.15) is 23.4 Å². The maximum Gasteiger partial charge on any atom is 0.223 e. The molecule has 3 rings (SSSR count). The summed E-state index contributed by atoms with van der Waals surface area (Å²) in [4.78, 5) is 11.6. The first-order chi connectivity index (χ1) is 11.2. The van der Waals surface area contributed by atoms with Gasteiger partial charge < -0.3 is 14.8 Å². The first-order valence-corrected chi connectivity index (χ1v) is 7.98. The van der Waals surface area contributed by atoms with E-state index in [-0.39, 0.29) is 17.9 Å². The van der Waals surface area contributed by atoms with Crippen LogP contribution in [0.1, 0.15) is 19.8 Å². The molecular weight excluding hydrogens is 290 g/mol. The quantitative estimate of drug-likeness (QED) is 0.846. The van der Waals surface area contributed by atoms with Gasteiger partial charge in [-0.25, -0.2) is 0 Å². The Morgan fingerprint density at radius 1 is 1.04 bits per heavy atom. The summed E-state index contributed by atoms with van der Waals surface area (Å²) < 4.78 is 11.5. The first kappa shape index (κ1) is 15.4. The molecular formula is C19H21NO3. The molecule has 1 fully saturated rings. The average molecular weight is 311 g/mol. The van der Waals surface area contributed by atoms with Gasteiger partial charge in [-0.05, 0) is 56.2 Å². The van der Waals surface area contributed by atoms with E-state index in [1.807, 2.05) is 61.5 Å². The largest absolute Gasteiger partial charge is 0.489 e. The molecule has 1 N–H and O–H groups in total. The molecule has 1 atom stereocenters. The van der Waals surface area contributed by atoms with E-state index in [1.54, 1.807) is 0 Å². The first-order valence-electron chi connectivity index (χ1n) is 7.98. The number of carbonyl (C=O) groups is 1. The van der Waals surface area contributed by atoms with Gasteiger partial charge >= 0.3 is 0 Å². The van der Waals surface area contributed by atoms with Crippen LogP contribution in [-0.2, 0) is 4.79 Å². The summed E-state index contributed by atoms with van der Waals surface area (Å²) in [7, 11) is 0. The van der Waals surface area contributed by atoms with Crippen molar-refractivity contribution in [1.29, 1.82) is 0 Å². The highest BCUT2D eigenvalue weighted by molar-refractivity contribution is 5.80. The number of rotatable bonds is 7. The van der Waals surface area contributed by atoms with Crippen LogP contribution in [0.25, 0.3) is 0 Å². The van der Waals surface area contributed by atoms with E-state index in [4.69, 9.17) is 9.47 Å². The minimum Gasteiger partial charge on any atom is -0.489 e. The fraction of sp³-hybridized carbons (Fsp3) is 0.316. The topological polar surface area (TPSA) is 47.6 Å². The van der Waals surface area contributed by atoms with E-state index in [2.05, 4.69) is 5.32 Å². The molecule has 0 aliphatic heterocycles. The molecule has 2 aromatic carbocycles. The van der Waals surface area contributed by atoms with Gasteiger partial charge in [0.2, 0.25) is 5.91 Å². The fourth-order valence-corrected chi connectivity index (χ4v) is 2.22. The van der Waals surface area contributed by atoms with E-state index in [1.165, 1.54) is 0 Å². The molecule has 2 aromatic rings. The van der Waals surface area contributed by atoms with Crippen LogP contribution < -0.4 is 14.8 Å². The third-order valence-corrected chi connectivity index (χ3v) is 3.65. The lowest BCUT2D eigenvalue weighted by Gasteiger charge is -2.15. The molecule has 4 heteroatoms. The van der Waals surface area contributed by atoms with Crippen LogP contribution in [0.3, 0.4) is 0 Å². The van der Waals surface area contributed by atoms with E-state index < -0.39 is 0 Å². The Morgan fingerprint density at radius 3 is 2.30 bits per heavy atom. The van der Waals surface area contributed by atoms with Crippen molar-refractivity contribution in [2.24, 2.45) is 5.92 Å². The number of amides is 1. The van der Waals surface area contributed by atoms with Crippen molar-refractivity contribution in [3.8, 4) is 17.2 Å². The minimum absolute atomic E-state index is 0.0707. The highest BCUT2D eigenvalue weighted by Gasteiger charge is 2.29. The fourth-order valence-electron chi connectivity index (χ4n) is 2.22. The molecule has 120 valence electrons. The molecule has 1 saturated carbocycles. The van der Waals surface area contributed by atoms with E-state index in [0.29, 0.717) is 6.54 Å². The van der Waals surface area contributed by atoms with Gasteiger partial charge in [-0.2, -0.15) is 0 Å². The van der Waals surface area contributed by atoms with E-state index in [9.17, 15) is 4.79 Å². The molecule has 23 heavy (non-hydrogen) atoms. The van der Waals surface area contributed by atoms with Crippen molar-refractivity contribution < 1.29 is 14.3 Å². The van der Waals surface area contributed by atoms with Crippen molar-refractivity contribution >= 4 is 5.91 Å². The summed E-state index contributed by atoms with van der Waals surface area (Å²) >= 11 is 0. The van der Waals surface area contributed by atoms with Crippen molar-refractivity contribution in [3.63, 3.8) is 0 Å². The van der Waals surface area contributed by atoms with Crippen LogP contribution in [0.4, 0.5) is 0 Å². The van der Waals surface area contributed by atoms with E-state index in [0.717, 1.165) is 30.1 Å². The van der Waals surface area contributed by atoms with Crippen molar-refractivity contribution in [2.45, 2.75) is 25.9 Å². The van der Waals surface area contributed by atoms with Crippen molar-refractivity contribution in [1.82, 2.24) is 5.32 Å². The zero-order valence-corrected chi connectivity index (χ0v) is 13.2. The summed E-state index contributed by atoms with van der Waals surface area (Å²) in [5.74, 6) is 2.71. The molecule has 0 aromatic heterocycles. The second-order valence-electron chi connectivity index (χ2n) is 5.83. The third kappa shape index (κ3) is 4.74. The number of para-hydroxylation sites is 1. The monoisotopic (exact) mass is 311 g/mol. The van der Waals surface area contributed by atoms with Crippen LogP contribution in [-0.4, -0.2) is 18.6 Å². The Labute approximate surface area is 136 Å². The number of nitrogens with one attached hydrogen (secondary N) is 1. The summed E-state index contributed by atoms with van der Waals surface area (Å²) in [6.07, 6.45) is 1.96. The van der Waals surface area contributed by atoms with Gasteiger partial charge in [0.25, 0.3) is 0 Å². The Morgan fingerprint density at radius 2 is 1.65 bits per heavy atom. The number of hydrogen-bond acceptors (Lipinski definition) is 3. The summed E-state index contributed by atoms with van der Waals surface area (Å²) in [5.41, 5.74) is 0. The molecule has 4 nitrogen and oxygen atoms in total. The Kier molecular flexibility index (Phi) is 4.81. The maximum atomic E-state index is 11.6. The molecule has 1 aliphatic rings. The lowest BCUT2D eigenvalue weighted by atomic mass is 10.3. The SMILES string of the molecule is CC(CNC(=O)C1CC1)Oc1ccc(Oc2ccccc2)cc1. The second-order valence-corrected chi connectivity index (χ2v) is 5.83. The number of benzene rings is 2. The van der Waals surface area contributed by atoms with Crippen molar-refractivity contribution in [2.75, 3.05) is 6.54 Å². The molecule has 0 spiro atoms. The standard InChI is InChI=1S/C19H21NO3/c1-14(13-20-19(21)15-7-8-15)22-17-9-11-18(12-10-17)23-16-5-3-2-4-6-16/h2-6,9-12,14-15H,7-8,13H2,1H3,(H,20,21). The molecule has 0 saturated heterocycles. The Balaban J connectivity index is 1.47. The number of hydrogen-bond donors (Lipinski definition) is 1. The summed E-state index contributed by atoms with van der Waals surface area (Å²) in [6, 6.07) is 17.1. The predicted octanol–water partition coefficient (Wildman–Crippen LogP) is 3.77. The van der Waals surface area contributed by atoms with Crippen LogP contribution in [0.5, 0.6) is 17.2 Å². The van der Waals surface area contributed by atoms with Gasteiger partial charge in [0.15, 0.2) is 0 Å². The second kappa shape index (κ2) is 7.18. The zero-order valence-electron chi connectivity index (χ0n) is 13.2. The Hall–Kier alpha value is -2.49. The van der Waals surface area contributed by atoms with Crippen LogP contribution in [0.2, 0.25) is 0 Å². The maximum absolute atomic E-state index is 11.6. The van der Waals surface area contributed by atoms with Gasteiger partial charge in [0, 0.05) is 5.92 Å². The molecule has 1 unspecified atom stereocenters. The van der Waals surface area contributed by atoms with Crippen LogP contribution >= 0.6 is 0 Å². The molecule has 0 heterocycles. The van der Waals surface area contributed by atoms with Gasteiger partial charge in [-0.15, -0.1) is 0 Å². The highest BCUT2D eigenvalue weighted by Crippen LogP contribution is 2.28.